The molecular formula is C9H19N3O3S2. The maximum absolute atomic E-state index is 12.3. The van der Waals surface area contributed by atoms with Crippen molar-refractivity contribution in [1.29, 1.82) is 0 Å². The first-order chi connectivity index (χ1) is 8.10. The first-order valence-electron chi connectivity index (χ1n) is 5.91. The highest BCUT2D eigenvalue weighted by Crippen LogP contribution is 2.13. The Hall–Kier alpha value is -0.0200. The number of nitrogens with one attached hydrogen (secondary N) is 1. The van der Waals surface area contributed by atoms with Gasteiger partial charge < -0.3 is 5.32 Å². The van der Waals surface area contributed by atoms with E-state index in [1.807, 2.05) is 0 Å². The van der Waals surface area contributed by atoms with Crippen LogP contribution in [0.15, 0.2) is 0 Å². The van der Waals surface area contributed by atoms with Gasteiger partial charge in [0.25, 0.3) is 10.2 Å². The van der Waals surface area contributed by atoms with E-state index in [4.69, 9.17) is 0 Å². The van der Waals surface area contributed by atoms with E-state index in [1.165, 1.54) is 4.31 Å². The van der Waals surface area contributed by atoms with Crippen LogP contribution in [0.5, 0.6) is 0 Å². The van der Waals surface area contributed by atoms with Crippen LogP contribution in [0.25, 0.3) is 0 Å². The first-order valence-corrected chi connectivity index (χ1v) is 8.80. The number of nitrogens with zero attached hydrogens (tertiary/aromatic N) is 2. The summed E-state index contributed by atoms with van der Waals surface area (Å²) in [4.78, 5) is 0. The highest BCUT2D eigenvalue weighted by Gasteiger charge is 2.32. The zero-order valence-corrected chi connectivity index (χ0v) is 11.4. The van der Waals surface area contributed by atoms with E-state index in [1.54, 1.807) is 4.31 Å². The summed E-state index contributed by atoms with van der Waals surface area (Å²) in [6.45, 7) is 3.46. The van der Waals surface area contributed by atoms with E-state index in [9.17, 15) is 12.6 Å². The number of hydrogen-bond acceptors (Lipinski definition) is 4. The van der Waals surface area contributed by atoms with Gasteiger partial charge in [0.2, 0.25) is 0 Å². The molecule has 2 aliphatic heterocycles. The van der Waals surface area contributed by atoms with Crippen molar-refractivity contribution in [1.82, 2.24) is 13.9 Å². The summed E-state index contributed by atoms with van der Waals surface area (Å²) in [5.74, 6) is 0.927. The Morgan fingerprint density at radius 1 is 0.941 bits per heavy atom. The second-order valence-corrected chi connectivity index (χ2v) is 7.88. The average molecular weight is 281 g/mol. The first kappa shape index (κ1) is 13.4. The molecule has 0 atom stereocenters. The van der Waals surface area contributed by atoms with Gasteiger partial charge in [-0.05, 0) is 13.0 Å². The Balaban J connectivity index is 2.03. The van der Waals surface area contributed by atoms with Gasteiger partial charge >= 0.3 is 0 Å². The molecule has 6 nitrogen and oxygen atoms in total. The summed E-state index contributed by atoms with van der Waals surface area (Å²) >= 11 is 0. The molecule has 0 spiro atoms. The lowest BCUT2D eigenvalue weighted by atomic mass is 10.4. The lowest BCUT2D eigenvalue weighted by Gasteiger charge is -2.31. The molecule has 0 aliphatic carbocycles. The van der Waals surface area contributed by atoms with Crippen molar-refractivity contribution in [2.24, 2.45) is 0 Å². The molecule has 0 aromatic heterocycles. The summed E-state index contributed by atoms with van der Waals surface area (Å²) in [6.07, 6.45) is 0.846. The molecule has 100 valence electrons. The predicted molar refractivity (Wildman–Crippen MR) is 67.4 cm³/mol. The van der Waals surface area contributed by atoms with Crippen LogP contribution in [-0.4, -0.2) is 72.0 Å². The zero-order chi connectivity index (χ0) is 12.3. The highest BCUT2D eigenvalue weighted by atomic mass is 32.2. The smallest absolute Gasteiger partial charge is 0.282 e. The van der Waals surface area contributed by atoms with Crippen molar-refractivity contribution in [3.8, 4) is 0 Å². The molecule has 2 fully saturated rings. The van der Waals surface area contributed by atoms with E-state index in [0.29, 0.717) is 44.2 Å². The number of hydrogen-bond donors (Lipinski definition) is 1. The van der Waals surface area contributed by atoms with Crippen LogP contribution in [0.3, 0.4) is 0 Å². The minimum absolute atomic E-state index is 0.388. The van der Waals surface area contributed by atoms with Gasteiger partial charge in [-0.15, -0.1) is 0 Å². The lowest BCUT2D eigenvalue weighted by Crippen LogP contribution is -2.49. The molecule has 2 heterocycles. The number of rotatable bonds is 2. The van der Waals surface area contributed by atoms with Gasteiger partial charge in [-0.3, -0.25) is 4.21 Å². The van der Waals surface area contributed by atoms with Crippen molar-refractivity contribution >= 4 is 21.0 Å². The predicted octanol–water partition coefficient (Wildman–Crippen LogP) is -1.41. The zero-order valence-electron chi connectivity index (χ0n) is 9.80. The molecule has 2 saturated heterocycles. The van der Waals surface area contributed by atoms with E-state index < -0.39 is 21.0 Å². The minimum atomic E-state index is -3.34. The highest BCUT2D eigenvalue weighted by molar-refractivity contribution is 7.87. The van der Waals surface area contributed by atoms with E-state index in [2.05, 4.69) is 5.32 Å². The van der Waals surface area contributed by atoms with Crippen LogP contribution >= 0.6 is 0 Å². The summed E-state index contributed by atoms with van der Waals surface area (Å²) < 4.78 is 38.9. The van der Waals surface area contributed by atoms with Gasteiger partial charge in [0, 0.05) is 55.0 Å². The van der Waals surface area contributed by atoms with Crippen LogP contribution in [0.4, 0.5) is 0 Å². The Kier molecular flexibility index (Phi) is 4.53. The van der Waals surface area contributed by atoms with Gasteiger partial charge in [0.1, 0.15) is 0 Å². The Labute approximate surface area is 105 Å². The van der Waals surface area contributed by atoms with E-state index >= 15 is 0 Å². The fourth-order valence-electron chi connectivity index (χ4n) is 2.07. The van der Waals surface area contributed by atoms with Gasteiger partial charge in [-0.25, -0.2) is 0 Å². The van der Waals surface area contributed by atoms with Crippen molar-refractivity contribution in [2.45, 2.75) is 6.42 Å². The second-order valence-electron chi connectivity index (χ2n) is 4.26. The Morgan fingerprint density at radius 3 is 2.29 bits per heavy atom. The molecule has 0 aromatic carbocycles. The normalized spacial score (nSPS) is 26.8. The molecule has 0 aromatic rings. The molecule has 17 heavy (non-hydrogen) atoms. The molecule has 2 rings (SSSR count). The molecule has 0 bridgehead atoms. The molecule has 0 saturated carbocycles. The van der Waals surface area contributed by atoms with E-state index in [0.717, 1.165) is 13.0 Å². The van der Waals surface area contributed by atoms with Crippen molar-refractivity contribution in [2.75, 3.05) is 50.8 Å². The summed E-state index contributed by atoms with van der Waals surface area (Å²) in [7, 11) is -4.18. The lowest BCUT2D eigenvalue weighted by molar-refractivity contribution is 0.356. The third-order valence-electron chi connectivity index (χ3n) is 3.09. The summed E-state index contributed by atoms with van der Waals surface area (Å²) in [5.41, 5.74) is 0. The molecule has 0 radical (unpaired) electrons. The van der Waals surface area contributed by atoms with Gasteiger partial charge in [-0.2, -0.15) is 17.0 Å². The van der Waals surface area contributed by atoms with Crippen molar-refractivity contribution in [3.05, 3.63) is 0 Å². The Morgan fingerprint density at radius 2 is 1.59 bits per heavy atom. The summed E-state index contributed by atoms with van der Waals surface area (Å²) in [5, 5.41) is 3.19. The monoisotopic (exact) mass is 281 g/mol. The Bertz CT molecular complexity index is 367. The average Bonchev–Trinajstić information content (AvgIpc) is 2.58. The van der Waals surface area contributed by atoms with Gasteiger partial charge in [-0.1, -0.05) is 0 Å². The molecule has 1 N–H and O–H groups in total. The fourth-order valence-corrected chi connectivity index (χ4v) is 5.00. The van der Waals surface area contributed by atoms with Crippen molar-refractivity contribution in [3.63, 3.8) is 0 Å². The van der Waals surface area contributed by atoms with Crippen LogP contribution in [0.1, 0.15) is 6.42 Å². The largest absolute Gasteiger partial charge is 0.315 e. The van der Waals surface area contributed by atoms with Crippen molar-refractivity contribution < 1.29 is 12.6 Å². The molecule has 2 aliphatic rings. The van der Waals surface area contributed by atoms with Gasteiger partial charge in [0.15, 0.2) is 0 Å². The molecular weight excluding hydrogens is 262 g/mol. The molecule has 0 amide bonds. The minimum Gasteiger partial charge on any atom is -0.315 e. The fraction of sp³-hybridized carbons (Fsp3) is 1.00. The topological polar surface area (TPSA) is 69.7 Å². The summed E-state index contributed by atoms with van der Waals surface area (Å²) in [6, 6.07) is 0. The van der Waals surface area contributed by atoms with E-state index in [-0.39, 0.29) is 0 Å². The van der Waals surface area contributed by atoms with Crippen LogP contribution < -0.4 is 5.32 Å². The maximum atomic E-state index is 12.3. The van der Waals surface area contributed by atoms with Crippen LogP contribution in [-0.2, 0) is 21.0 Å². The SMILES string of the molecule is O=S1CCN(S(=O)(=O)N2CCCNCC2)CC1. The van der Waals surface area contributed by atoms with Crippen LogP contribution in [0.2, 0.25) is 0 Å². The third-order valence-corrected chi connectivity index (χ3v) is 6.40. The third kappa shape index (κ3) is 3.25. The van der Waals surface area contributed by atoms with Crippen LogP contribution in [0, 0.1) is 0 Å². The molecule has 8 heteroatoms. The second kappa shape index (κ2) is 5.75. The standard InChI is InChI=1S/C9H19N3O3S2/c13-16-8-6-12(7-9-16)17(14,15)11-4-1-2-10-3-5-11/h10H,1-9H2. The maximum Gasteiger partial charge on any atom is 0.282 e. The quantitative estimate of drug-likeness (QED) is 0.675. The molecule has 0 unspecified atom stereocenters. The van der Waals surface area contributed by atoms with Gasteiger partial charge in [0.05, 0.1) is 0 Å².